The maximum absolute atomic E-state index is 12.9. The highest BCUT2D eigenvalue weighted by molar-refractivity contribution is 7.21. The molecule has 0 aliphatic heterocycles. The molecule has 0 unspecified atom stereocenters. The number of hydrogen-bond acceptors (Lipinski definition) is 6. The van der Waals surface area contributed by atoms with E-state index in [0.717, 1.165) is 47.2 Å². The molecule has 0 saturated heterocycles. The number of nitrogens with zero attached hydrogens (tertiary/aromatic N) is 2. The Labute approximate surface area is 183 Å². The number of amides is 3. The van der Waals surface area contributed by atoms with Gasteiger partial charge >= 0.3 is 12.0 Å². The van der Waals surface area contributed by atoms with E-state index in [-0.39, 0.29) is 6.04 Å². The molecule has 0 radical (unpaired) electrons. The molecule has 3 aromatic heterocycles. The maximum Gasteiger partial charge on any atom is 0.351 e. The van der Waals surface area contributed by atoms with Gasteiger partial charge < -0.3 is 14.6 Å². The summed E-state index contributed by atoms with van der Waals surface area (Å²) in [5, 5.41) is 5.86. The summed E-state index contributed by atoms with van der Waals surface area (Å²) < 4.78 is 7.08. The van der Waals surface area contributed by atoms with Crippen LogP contribution in [0.2, 0.25) is 0 Å². The standard InChI is InChI=1S/C22H24N4O4S/c1-13-11-14(2)23-20-17(13)18(26-9-5-6-10-26)19(31-20)21(28)30-12-16(27)25-22(29)24-15-7-3-4-8-15/h5-6,9-11,15H,3-4,7-8,12H2,1-2H3,(H2,24,25,27,29). The van der Waals surface area contributed by atoms with Gasteiger partial charge in [0, 0.05) is 29.5 Å². The van der Waals surface area contributed by atoms with Crippen LogP contribution in [0.1, 0.15) is 46.6 Å². The van der Waals surface area contributed by atoms with Crippen molar-refractivity contribution in [2.45, 2.75) is 45.6 Å². The minimum absolute atomic E-state index is 0.0947. The number of ether oxygens (including phenoxy) is 1. The van der Waals surface area contributed by atoms with Crippen molar-refractivity contribution >= 4 is 39.5 Å². The number of aryl methyl sites for hydroxylation is 2. The van der Waals surface area contributed by atoms with Gasteiger partial charge in [0.05, 0.1) is 5.69 Å². The quantitative estimate of drug-likeness (QED) is 0.590. The van der Waals surface area contributed by atoms with Crippen molar-refractivity contribution in [2.24, 2.45) is 0 Å². The summed E-state index contributed by atoms with van der Waals surface area (Å²) in [4.78, 5) is 42.5. The zero-order chi connectivity index (χ0) is 22.0. The Morgan fingerprint density at radius 3 is 2.61 bits per heavy atom. The van der Waals surface area contributed by atoms with Crippen molar-refractivity contribution < 1.29 is 19.1 Å². The lowest BCUT2D eigenvalue weighted by Gasteiger charge is -2.12. The lowest BCUT2D eigenvalue weighted by Crippen LogP contribution is -2.44. The Bertz CT molecular complexity index is 1130. The summed E-state index contributed by atoms with van der Waals surface area (Å²) in [6.45, 7) is 3.34. The van der Waals surface area contributed by atoms with Crippen LogP contribution in [0.25, 0.3) is 15.9 Å². The van der Waals surface area contributed by atoms with Crippen molar-refractivity contribution in [1.29, 1.82) is 0 Å². The predicted octanol–water partition coefficient (Wildman–Crippen LogP) is 3.63. The summed E-state index contributed by atoms with van der Waals surface area (Å²) in [6, 6.07) is 5.24. The fourth-order valence-corrected chi connectivity index (χ4v) is 5.13. The fourth-order valence-electron chi connectivity index (χ4n) is 3.94. The number of pyridine rings is 1. The van der Waals surface area contributed by atoms with E-state index in [1.54, 1.807) is 0 Å². The molecule has 0 atom stereocenters. The number of rotatable bonds is 5. The largest absolute Gasteiger partial charge is 0.451 e. The van der Waals surface area contributed by atoms with Crippen LogP contribution in [0.4, 0.5) is 4.79 Å². The third kappa shape index (κ3) is 4.61. The van der Waals surface area contributed by atoms with E-state index in [4.69, 9.17) is 4.74 Å². The molecule has 2 N–H and O–H groups in total. The molecule has 31 heavy (non-hydrogen) atoms. The second-order valence-electron chi connectivity index (χ2n) is 7.71. The van der Waals surface area contributed by atoms with Crippen molar-refractivity contribution in [3.63, 3.8) is 0 Å². The molecule has 1 fully saturated rings. The average Bonchev–Trinajstić information content (AvgIpc) is 3.45. The Morgan fingerprint density at radius 1 is 1.19 bits per heavy atom. The molecule has 3 amide bonds. The number of hydrogen-bond donors (Lipinski definition) is 2. The molecule has 1 saturated carbocycles. The molecule has 1 aliphatic carbocycles. The number of esters is 1. The number of thiophene rings is 1. The molecule has 3 heterocycles. The van der Waals surface area contributed by atoms with Gasteiger partial charge in [-0.1, -0.05) is 12.8 Å². The van der Waals surface area contributed by atoms with E-state index < -0.39 is 24.5 Å². The van der Waals surface area contributed by atoms with Gasteiger partial charge in [-0.2, -0.15) is 0 Å². The Kier molecular flexibility index (Phi) is 6.03. The summed E-state index contributed by atoms with van der Waals surface area (Å²) in [5.74, 6) is -1.30. The summed E-state index contributed by atoms with van der Waals surface area (Å²) in [7, 11) is 0. The van der Waals surface area contributed by atoms with Crippen LogP contribution in [-0.4, -0.2) is 40.1 Å². The second kappa shape index (κ2) is 8.89. The first-order valence-electron chi connectivity index (χ1n) is 10.2. The van der Waals surface area contributed by atoms with Crippen molar-refractivity contribution in [1.82, 2.24) is 20.2 Å². The lowest BCUT2D eigenvalue weighted by atomic mass is 10.1. The number of carbonyl (C=O) groups excluding carboxylic acids is 3. The van der Waals surface area contributed by atoms with Gasteiger partial charge in [0.2, 0.25) is 0 Å². The summed E-state index contributed by atoms with van der Waals surface area (Å²) in [6.07, 6.45) is 7.66. The highest BCUT2D eigenvalue weighted by Crippen LogP contribution is 2.36. The van der Waals surface area contributed by atoms with E-state index in [9.17, 15) is 14.4 Å². The third-order valence-electron chi connectivity index (χ3n) is 5.29. The van der Waals surface area contributed by atoms with Crippen LogP contribution in [0.5, 0.6) is 0 Å². The zero-order valence-electron chi connectivity index (χ0n) is 17.4. The monoisotopic (exact) mass is 440 g/mol. The SMILES string of the molecule is Cc1cc(C)c2c(-n3cccc3)c(C(=O)OCC(=O)NC(=O)NC3CCCC3)sc2n1. The summed E-state index contributed by atoms with van der Waals surface area (Å²) in [5.41, 5.74) is 2.54. The van der Waals surface area contributed by atoms with Gasteiger partial charge in [-0.05, 0) is 50.5 Å². The van der Waals surface area contributed by atoms with Crippen molar-refractivity contribution in [3.8, 4) is 5.69 Å². The van der Waals surface area contributed by atoms with Crippen LogP contribution in [0.15, 0.2) is 30.6 Å². The third-order valence-corrected chi connectivity index (χ3v) is 6.34. The maximum atomic E-state index is 12.9. The Balaban J connectivity index is 1.49. The molecule has 0 spiro atoms. The van der Waals surface area contributed by atoms with Gasteiger partial charge in [0.25, 0.3) is 5.91 Å². The van der Waals surface area contributed by atoms with Crippen LogP contribution < -0.4 is 10.6 Å². The molecule has 0 aromatic carbocycles. The number of nitrogens with one attached hydrogen (secondary N) is 2. The first-order valence-corrected chi connectivity index (χ1v) is 11.1. The Morgan fingerprint density at radius 2 is 1.90 bits per heavy atom. The molecule has 0 bridgehead atoms. The first-order chi connectivity index (χ1) is 14.9. The number of fused-ring (bicyclic) bond motifs is 1. The van der Waals surface area contributed by atoms with Crippen molar-refractivity contribution in [3.05, 3.63) is 46.7 Å². The van der Waals surface area contributed by atoms with E-state index in [1.807, 2.05) is 49.0 Å². The molecular weight excluding hydrogens is 416 g/mol. The fraction of sp³-hybridized carbons (Fsp3) is 0.364. The van der Waals surface area contributed by atoms with E-state index in [1.165, 1.54) is 11.3 Å². The van der Waals surface area contributed by atoms with Gasteiger partial charge in [0.1, 0.15) is 9.71 Å². The molecule has 3 aromatic rings. The number of imide groups is 1. The highest BCUT2D eigenvalue weighted by Gasteiger charge is 2.24. The second-order valence-corrected chi connectivity index (χ2v) is 8.71. The van der Waals surface area contributed by atoms with Gasteiger partial charge in [-0.3, -0.25) is 10.1 Å². The van der Waals surface area contributed by atoms with Crippen LogP contribution in [0, 0.1) is 13.8 Å². The van der Waals surface area contributed by atoms with Gasteiger partial charge in [0.15, 0.2) is 6.61 Å². The minimum atomic E-state index is -0.669. The van der Waals surface area contributed by atoms with E-state index >= 15 is 0 Å². The van der Waals surface area contributed by atoms with Gasteiger partial charge in [-0.25, -0.2) is 14.6 Å². The molecule has 9 heteroatoms. The van der Waals surface area contributed by atoms with E-state index in [2.05, 4.69) is 15.6 Å². The van der Waals surface area contributed by atoms with Crippen LogP contribution in [-0.2, 0) is 9.53 Å². The molecule has 1 aliphatic rings. The predicted molar refractivity (Wildman–Crippen MR) is 118 cm³/mol. The average molecular weight is 441 g/mol. The smallest absolute Gasteiger partial charge is 0.351 e. The van der Waals surface area contributed by atoms with Crippen LogP contribution >= 0.6 is 11.3 Å². The molecular formula is C22H24N4O4S. The summed E-state index contributed by atoms with van der Waals surface area (Å²) >= 11 is 1.23. The first kappa shape index (κ1) is 21.0. The Hall–Kier alpha value is -3.20. The number of urea groups is 1. The molecule has 162 valence electrons. The molecule has 8 nitrogen and oxygen atoms in total. The lowest BCUT2D eigenvalue weighted by molar-refractivity contribution is -0.123. The topological polar surface area (TPSA) is 102 Å². The molecule has 4 rings (SSSR count). The number of aromatic nitrogens is 2. The van der Waals surface area contributed by atoms with Crippen LogP contribution in [0.3, 0.4) is 0 Å². The van der Waals surface area contributed by atoms with Crippen molar-refractivity contribution in [2.75, 3.05) is 6.61 Å². The normalized spacial score (nSPS) is 14.0. The van der Waals surface area contributed by atoms with Gasteiger partial charge in [-0.15, -0.1) is 11.3 Å². The minimum Gasteiger partial charge on any atom is -0.451 e. The zero-order valence-corrected chi connectivity index (χ0v) is 18.3. The van der Waals surface area contributed by atoms with E-state index in [0.29, 0.717) is 10.6 Å². The number of carbonyl (C=O) groups is 3. The highest BCUT2D eigenvalue weighted by atomic mass is 32.1.